The average molecular weight is 287 g/mol. The maximum absolute atomic E-state index is 10.9. The van der Waals surface area contributed by atoms with Crippen molar-refractivity contribution in [1.82, 2.24) is 10.6 Å². The van der Waals surface area contributed by atoms with Crippen LogP contribution in [0.5, 0.6) is 0 Å². The molecule has 2 N–H and O–H groups in total. The number of unbranched alkanes of at least 4 members (excludes halogenated alkanes) is 3. The maximum atomic E-state index is 10.9. The second-order valence-corrected chi connectivity index (χ2v) is 4.74. The van der Waals surface area contributed by atoms with E-state index in [-0.39, 0.29) is 12.0 Å². The summed E-state index contributed by atoms with van der Waals surface area (Å²) in [5.41, 5.74) is 0. The Morgan fingerprint density at radius 1 is 1.20 bits per heavy atom. The molecule has 0 aliphatic carbocycles. The van der Waals surface area contributed by atoms with Gasteiger partial charge in [0.15, 0.2) is 5.96 Å². The van der Waals surface area contributed by atoms with Crippen molar-refractivity contribution in [3.63, 3.8) is 0 Å². The first-order valence-corrected chi connectivity index (χ1v) is 7.17. The number of rotatable bonds is 10. The third kappa shape index (κ3) is 10.6. The van der Waals surface area contributed by atoms with Crippen LogP contribution >= 0.6 is 0 Å². The Morgan fingerprint density at radius 2 is 1.90 bits per heavy atom. The third-order valence-corrected chi connectivity index (χ3v) is 2.85. The fourth-order valence-electron chi connectivity index (χ4n) is 1.78. The number of hydrogen-bond donors (Lipinski definition) is 2. The number of ether oxygens (including phenoxy) is 2. The van der Waals surface area contributed by atoms with E-state index >= 15 is 0 Å². The van der Waals surface area contributed by atoms with Gasteiger partial charge in [-0.3, -0.25) is 9.79 Å². The summed E-state index contributed by atoms with van der Waals surface area (Å²) >= 11 is 0. The van der Waals surface area contributed by atoms with E-state index in [9.17, 15) is 4.79 Å². The zero-order chi connectivity index (χ0) is 15.2. The van der Waals surface area contributed by atoms with Gasteiger partial charge >= 0.3 is 5.97 Å². The van der Waals surface area contributed by atoms with Crippen molar-refractivity contribution in [2.75, 3.05) is 34.4 Å². The van der Waals surface area contributed by atoms with Crippen molar-refractivity contribution < 1.29 is 14.3 Å². The lowest BCUT2D eigenvalue weighted by atomic mass is 10.1. The largest absolute Gasteiger partial charge is 0.469 e. The standard InChI is InChI=1S/C14H29N3O3/c1-12(11-19-3)17-14(15-2)16-10-8-6-5-7-9-13(18)20-4/h12H,5-11H2,1-4H3,(H2,15,16,17). The highest BCUT2D eigenvalue weighted by atomic mass is 16.5. The van der Waals surface area contributed by atoms with Crippen LogP contribution in [-0.4, -0.2) is 52.4 Å². The molecule has 0 rings (SSSR count). The van der Waals surface area contributed by atoms with E-state index in [0.29, 0.717) is 13.0 Å². The molecule has 0 saturated heterocycles. The number of carbonyl (C=O) groups is 1. The number of hydrogen-bond acceptors (Lipinski definition) is 4. The molecule has 118 valence electrons. The first-order chi connectivity index (χ1) is 9.63. The zero-order valence-corrected chi connectivity index (χ0v) is 13.2. The summed E-state index contributed by atoms with van der Waals surface area (Å²) in [6.45, 7) is 3.56. The van der Waals surface area contributed by atoms with Crippen LogP contribution in [0.4, 0.5) is 0 Å². The van der Waals surface area contributed by atoms with E-state index in [0.717, 1.165) is 38.2 Å². The monoisotopic (exact) mass is 287 g/mol. The maximum Gasteiger partial charge on any atom is 0.305 e. The summed E-state index contributed by atoms with van der Waals surface area (Å²) < 4.78 is 9.66. The second-order valence-electron chi connectivity index (χ2n) is 4.74. The Hall–Kier alpha value is -1.30. The molecule has 0 bridgehead atoms. The summed E-state index contributed by atoms with van der Waals surface area (Å²) in [6.07, 6.45) is 4.60. The smallest absolute Gasteiger partial charge is 0.305 e. The van der Waals surface area contributed by atoms with E-state index < -0.39 is 0 Å². The summed E-state index contributed by atoms with van der Waals surface area (Å²) in [5, 5.41) is 6.51. The number of nitrogens with one attached hydrogen (secondary N) is 2. The molecule has 1 unspecified atom stereocenters. The van der Waals surface area contributed by atoms with Gasteiger partial charge in [-0.25, -0.2) is 0 Å². The predicted molar refractivity (Wildman–Crippen MR) is 80.9 cm³/mol. The molecule has 0 aromatic heterocycles. The molecule has 6 nitrogen and oxygen atoms in total. The predicted octanol–water partition coefficient (Wildman–Crippen LogP) is 1.31. The normalized spacial score (nSPS) is 12.9. The van der Waals surface area contributed by atoms with Crippen molar-refractivity contribution in [2.24, 2.45) is 4.99 Å². The van der Waals surface area contributed by atoms with Gasteiger partial charge in [-0.15, -0.1) is 0 Å². The number of guanidine groups is 1. The molecule has 0 aliphatic heterocycles. The Kier molecular flexibility index (Phi) is 11.9. The van der Waals surface area contributed by atoms with Crippen LogP contribution < -0.4 is 10.6 Å². The van der Waals surface area contributed by atoms with E-state index in [2.05, 4.69) is 20.4 Å². The van der Waals surface area contributed by atoms with E-state index in [1.165, 1.54) is 7.11 Å². The fourth-order valence-corrected chi connectivity index (χ4v) is 1.78. The quantitative estimate of drug-likeness (QED) is 0.274. The zero-order valence-electron chi connectivity index (χ0n) is 13.2. The SMILES string of the molecule is CN=C(NCCCCCCC(=O)OC)NC(C)COC. The average Bonchev–Trinajstić information content (AvgIpc) is 2.44. The minimum absolute atomic E-state index is 0.125. The van der Waals surface area contributed by atoms with Gasteiger partial charge in [0.05, 0.1) is 13.7 Å². The second kappa shape index (κ2) is 12.7. The van der Waals surface area contributed by atoms with Crippen molar-refractivity contribution in [3.05, 3.63) is 0 Å². The first kappa shape index (κ1) is 18.7. The van der Waals surface area contributed by atoms with E-state index in [1.54, 1.807) is 14.2 Å². The van der Waals surface area contributed by atoms with Crippen LogP contribution in [0, 0.1) is 0 Å². The minimum Gasteiger partial charge on any atom is -0.469 e. The van der Waals surface area contributed by atoms with Crippen molar-refractivity contribution in [2.45, 2.75) is 45.1 Å². The highest BCUT2D eigenvalue weighted by molar-refractivity contribution is 5.79. The molecular weight excluding hydrogens is 258 g/mol. The molecule has 0 spiro atoms. The van der Waals surface area contributed by atoms with Gasteiger partial charge in [0.25, 0.3) is 0 Å². The van der Waals surface area contributed by atoms with Crippen LogP contribution in [0.15, 0.2) is 4.99 Å². The lowest BCUT2D eigenvalue weighted by Gasteiger charge is -2.17. The van der Waals surface area contributed by atoms with Crippen LogP contribution in [0.1, 0.15) is 39.0 Å². The Bertz CT molecular complexity index is 283. The lowest BCUT2D eigenvalue weighted by molar-refractivity contribution is -0.140. The molecule has 0 aliphatic rings. The van der Waals surface area contributed by atoms with E-state index in [4.69, 9.17) is 4.74 Å². The van der Waals surface area contributed by atoms with Crippen LogP contribution in [0.25, 0.3) is 0 Å². The molecule has 0 heterocycles. The van der Waals surface area contributed by atoms with Crippen LogP contribution in [-0.2, 0) is 14.3 Å². The van der Waals surface area contributed by atoms with Gasteiger partial charge in [0, 0.05) is 33.2 Å². The molecule has 0 aromatic rings. The van der Waals surface area contributed by atoms with Crippen LogP contribution in [0.2, 0.25) is 0 Å². The first-order valence-electron chi connectivity index (χ1n) is 7.17. The van der Waals surface area contributed by atoms with Crippen LogP contribution in [0.3, 0.4) is 0 Å². The van der Waals surface area contributed by atoms with Gasteiger partial charge in [-0.2, -0.15) is 0 Å². The fraction of sp³-hybridized carbons (Fsp3) is 0.857. The summed E-state index contributed by atoms with van der Waals surface area (Å²) in [5.74, 6) is 0.670. The van der Waals surface area contributed by atoms with Gasteiger partial charge in [-0.05, 0) is 19.8 Å². The Labute approximate surface area is 122 Å². The Morgan fingerprint density at radius 3 is 2.50 bits per heavy atom. The molecular formula is C14H29N3O3. The van der Waals surface area contributed by atoms with E-state index in [1.807, 2.05) is 6.92 Å². The van der Waals surface area contributed by atoms with Gasteiger partial charge in [0.1, 0.15) is 0 Å². The minimum atomic E-state index is -0.125. The number of carbonyl (C=O) groups excluding carboxylic acids is 1. The van der Waals surface area contributed by atoms with Crippen molar-refractivity contribution in [1.29, 1.82) is 0 Å². The summed E-state index contributed by atoms with van der Waals surface area (Å²) in [6, 6.07) is 0.228. The molecule has 0 fully saturated rings. The third-order valence-electron chi connectivity index (χ3n) is 2.85. The highest BCUT2D eigenvalue weighted by Crippen LogP contribution is 2.03. The molecule has 0 aromatic carbocycles. The van der Waals surface area contributed by atoms with Crippen molar-refractivity contribution >= 4 is 11.9 Å². The molecule has 0 radical (unpaired) electrons. The van der Waals surface area contributed by atoms with Gasteiger partial charge < -0.3 is 20.1 Å². The van der Waals surface area contributed by atoms with Gasteiger partial charge in [0.2, 0.25) is 0 Å². The molecule has 0 amide bonds. The molecule has 6 heteroatoms. The topological polar surface area (TPSA) is 72.0 Å². The Balaban J connectivity index is 3.54. The molecule has 20 heavy (non-hydrogen) atoms. The molecule has 0 saturated carbocycles. The number of nitrogens with zero attached hydrogens (tertiary/aromatic N) is 1. The van der Waals surface area contributed by atoms with Gasteiger partial charge in [-0.1, -0.05) is 12.8 Å². The number of methoxy groups -OCH3 is 2. The number of aliphatic imine (C=N–C) groups is 1. The molecule has 1 atom stereocenters. The summed E-state index contributed by atoms with van der Waals surface area (Å²) in [7, 11) is 4.86. The lowest BCUT2D eigenvalue weighted by Crippen LogP contribution is -2.44. The summed E-state index contributed by atoms with van der Waals surface area (Å²) in [4.78, 5) is 15.1. The van der Waals surface area contributed by atoms with Crippen molar-refractivity contribution in [3.8, 4) is 0 Å². The highest BCUT2D eigenvalue weighted by Gasteiger charge is 2.04. The number of esters is 1.